The second kappa shape index (κ2) is 4.98. The normalized spacial score (nSPS) is 14.2. The van der Waals surface area contributed by atoms with E-state index in [4.69, 9.17) is 5.11 Å². The zero-order valence-corrected chi connectivity index (χ0v) is 6.73. The van der Waals surface area contributed by atoms with E-state index in [-0.39, 0.29) is 6.61 Å². The molecule has 0 saturated carbocycles. The van der Waals surface area contributed by atoms with Gasteiger partial charge < -0.3 is 5.11 Å². The second-order valence-corrected chi connectivity index (χ2v) is 2.42. The maximum atomic E-state index is 11.5. The van der Waals surface area contributed by atoms with E-state index in [9.17, 15) is 13.2 Å². The molecular weight excluding hydrogens is 169 g/mol. The highest BCUT2D eigenvalue weighted by atomic mass is 19.4. The lowest BCUT2D eigenvalue weighted by molar-refractivity contribution is -0.125. The van der Waals surface area contributed by atoms with Crippen LogP contribution in [0.3, 0.4) is 0 Å². The van der Waals surface area contributed by atoms with Crippen LogP contribution < -0.4 is 0 Å². The molecule has 0 aromatic carbocycles. The monoisotopic (exact) mass is 180 g/mol. The Morgan fingerprint density at radius 2 is 2.00 bits per heavy atom. The molecule has 0 aromatic rings. The summed E-state index contributed by atoms with van der Waals surface area (Å²) >= 11 is 0. The van der Waals surface area contributed by atoms with Crippen LogP contribution in [0.2, 0.25) is 0 Å². The van der Waals surface area contributed by atoms with Gasteiger partial charge >= 0.3 is 6.18 Å². The fourth-order valence-corrected chi connectivity index (χ4v) is 0.487. The van der Waals surface area contributed by atoms with Gasteiger partial charge in [-0.3, -0.25) is 0 Å². The zero-order valence-electron chi connectivity index (χ0n) is 6.73. The summed E-state index contributed by atoms with van der Waals surface area (Å²) in [6.45, 7) is 1.51. The molecule has 70 valence electrons. The molecule has 0 rings (SSSR count). The number of alkyl halides is 3. The molecule has 0 unspecified atom stereocenters. The Morgan fingerprint density at radius 3 is 2.42 bits per heavy atom. The average Bonchev–Trinajstić information content (AvgIpc) is 1.96. The first-order chi connectivity index (χ1) is 5.45. The average molecular weight is 180 g/mol. The largest absolute Gasteiger partial charge is 0.392 e. The molecule has 0 aliphatic rings. The first-order valence-corrected chi connectivity index (χ1v) is 3.45. The molecule has 1 N–H and O–H groups in total. The number of halogens is 3. The SMILES string of the molecule is C/C(=C/C=C\CC(F)(F)F)CO. The van der Waals surface area contributed by atoms with Crippen molar-refractivity contribution < 1.29 is 18.3 Å². The number of hydrogen-bond acceptors (Lipinski definition) is 1. The van der Waals surface area contributed by atoms with Crippen molar-refractivity contribution in [3.8, 4) is 0 Å². The van der Waals surface area contributed by atoms with Gasteiger partial charge in [-0.2, -0.15) is 13.2 Å². The summed E-state index contributed by atoms with van der Waals surface area (Å²) in [4.78, 5) is 0. The standard InChI is InChI=1S/C8H11F3O/c1-7(6-12)4-2-3-5-8(9,10)11/h2-4,12H,5-6H2,1H3/b3-2-,7-4-. The summed E-state index contributed by atoms with van der Waals surface area (Å²) in [5.41, 5.74) is 0.633. The highest BCUT2D eigenvalue weighted by Gasteiger charge is 2.24. The lowest BCUT2D eigenvalue weighted by Crippen LogP contribution is -2.03. The Kier molecular flexibility index (Phi) is 4.66. The van der Waals surface area contributed by atoms with Crippen LogP contribution in [0.5, 0.6) is 0 Å². The molecule has 0 aliphatic carbocycles. The van der Waals surface area contributed by atoms with Gasteiger partial charge in [0.15, 0.2) is 0 Å². The number of aliphatic hydroxyl groups excluding tert-OH is 1. The third kappa shape index (κ3) is 7.34. The molecule has 0 amide bonds. The van der Waals surface area contributed by atoms with E-state index in [1.165, 1.54) is 12.2 Å². The second-order valence-electron chi connectivity index (χ2n) is 2.42. The lowest BCUT2D eigenvalue weighted by atomic mass is 10.3. The van der Waals surface area contributed by atoms with Crippen molar-refractivity contribution in [3.63, 3.8) is 0 Å². The first kappa shape index (κ1) is 11.2. The minimum absolute atomic E-state index is 0.129. The van der Waals surface area contributed by atoms with Gasteiger partial charge in [-0.25, -0.2) is 0 Å². The molecule has 0 saturated heterocycles. The van der Waals surface area contributed by atoms with Crippen LogP contribution in [0, 0.1) is 0 Å². The Balaban J connectivity index is 3.79. The summed E-state index contributed by atoms with van der Waals surface area (Å²) in [5, 5.41) is 8.47. The molecule has 0 atom stereocenters. The van der Waals surface area contributed by atoms with Crippen molar-refractivity contribution in [1.29, 1.82) is 0 Å². The Bertz CT molecular complexity index is 179. The van der Waals surface area contributed by atoms with Gasteiger partial charge in [0.1, 0.15) is 0 Å². The van der Waals surface area contributed by atoms with Crippen LogP contribution >= 0.6 is 0 Å². The molecule has 0 aromatic heterocycles. The molecule has 0 aliphatic heterocycles. The lowest BCUT2D eigenvalue weighted by Gasteiger charge is -1.99. The minimum atomic E-state index is -4.14. The Hall–Kier alpha value is -0.770. The van der Waals surface area contributed by atoms with Gasteiger partial charge in [0.2, 0.25) is 0 Å². The smallest absolute Gasteiger partial charge is 0.392 e. The quantitative estimate of drug-likeness (QED) is 0.661. The van der Waals surface area contributed by atoms with E-state index in [0.29, 0.717) is 5.57 Å². The fourth-order valence-electron chi connectivity index (χ4n) is 0.487. The maximum absolute atomic E-state index is 11.5. The summed E-state index contributed by atoms with van der Waals surface area (Å²) in [6.07, 6.45) is -1.32. The third-order valence-electron chi connectivity index (χ3n) is 1.12. The van der Waals surface area contributed by atoms with Gasteiger partial charge in [-0.05, 0) is 12.5 Å². The molecule has 0 radical (unpaired) electrons. The molecule has 0 spiro atoms. The van der Waals surface area contributed by atoms with Gasteiger partial charge in [-0.15, -0.1) is 0 Å². The molecule has 0 bridgehead atoms. The van der Waals surface area contributed by atoms with Crippen LogP contribution in [0.1, 0.15) is 13.3 Å². The topological polar surface area (TPSA) is 20.2 Å². The van der Waals surface area contributed by atoms with Crippen LogP contribution in [0.25, 0.3) is 0 Å². The Labute approximate surface area is 69.2 Å². The van der Waals surface area contributed by atoms with Crippen molar-refractivity contribution in [3.05, 3.63) is 23.8 Å². The van der Waals surface area contributed by atoms with Crippen LogP contribution in [-0.4, -0.2) is 17.9 Å². The number of aliphatic hydroxyl groups is 1. The third-order valence-corrected chi connectivity index (χ3v) is 1.12. The van der Waals surface area contributed by atoms with Gasteiger partial charge in [0.25, 0.3) is 0 Å². The first-order valence-electron chi connectivity index (χ1n) is 3.45. The minimum Gasteiger partial charge on any atom is -0.392 e. The van der Waals surface area contributed by atoms with E-state index < -0.39 is 12.6 Å². The summed E-state index contributed by atoms with van der Waals surface area (Å²) in [7, 11) is 0. The highest BCUT2D eigenvalue weighted by molar-refractivity contribution is 5.10. The van der Waals surface area contributed by atoms with Crippen molar-refractivity contribution in [1.82, 2.24) is 0 Å². The molecule has 0 fully saturated rings. The fraction of sp³-hybridized carbons (Fsp3) is 0.500. The predicted octanol–water partition coefficient (Wildman–Crippen LogP) is 2.43. The van der Waals surface area contributed by atoms with Crippen molar-refractivity contribution in [2.75, 3.05) is 6.61 Å². The van der Waals surface area contributed by atoms with E-state index >= 15 is 0 Å². The number of allylic oxidation sites excluding steroid dienone is 3. The van der Waals surface area contributed by atoms with E-state index in [1.807, 2.05) is 0 Å². The predicted molar refractivity (Wildman–Crippen MR) is 40.7 cm³/mol. The van der Waals surface area contributed by atoms with Crippen molar-refractivity contribution >= 4 is 0 Å². The van der Waals surface area contributed by atoms with Gasteiger partial charge in [-0.1, -0.05) is 18.2 Å². The summed E-state index contributed by atoms with van der Waals surface area (Å²) in [5.74, 6) is 0. The maximum Gasteiger partial charge on any atom is 0.392 e. The molecular formula is C8H11F3O. The molecule has 4 heteroatoms. The van der Waals surface area contributed by atoms with E-state index in [1.54, 1.807) is 6.92 Å². The van der Waals surface area contributed by atoms with E-state index in [2.05, 4.69) is 0 Å². The summed E-state index contributed by atoms with van der Waals surface area (Å²) < 4.78 is 34.6. The van der Waals surface area contributed by atoms with Crippen molar-refractivity contribution in [2.45, 2.75) is 19.5 Å². The molecule has 1 nitrogen and oxygen atoms in total. The van der Waals surface area contributed by atoms with E-state index in [0.717, 1.165) is 6.08 Å². The van der Waals surface area contributed by atoms with Crippen LogP contribution in [-0.2, 0) is 0 Å². The van der Waals surface area contributed by atoms with Crippen molar-refractivity contribution in [2.24, 2.45) is 0 Å². The highest BCUT2D eigenvalue weighted by Crippen LogP contribution is 2.19. The number of hydrogen-bond donors (Lipinski definition) is 1. The number of rotatable bonds is 3. The zero-order chi connectivity index (χ0) is 9.61. The van der Waals surface area contributed by atoms with Crippen LogP contribution in [0.15, 0.2) is 23.8 Å². The van der Waals surface area contributed by atoms with Gasteiger partial charge in [0, 0.05) is 0 Å². The molecule has 0 heterocycles. The Morgan fingerprint density at radius 1 is 1.42 bits per heavy atom. The van der Waals surface area contributed by atoms with Crippen LogP contribution in [0.4, 0.5) is 13.2 Å². The van der Waals surface area contributed by atoms with Gasteiger partial charge in [0.05, 0.1) is 13.0 Å². The summed E-state index contributed by atoms with van der Waals surface area (Å²) in [6, 6.07) is 0. The molecule has 12 heavy (non-hydrogen) atoms.